The Morgan fingerprint density at radius 1 is 1.25 bits per heavy atom. The van der Waals surface area contributed by atoms with Crippen molar-refractivity contribution in [1.29, 1.82) is 0 Å². The van der Waals surface area contributed by atoms with Crippen LogP contribution in [0.2, 0.25) is 0 Å². The topological polar surface area (TPSA) is 70.8 Å². The lowest BCUT2D eigenvalue weighted by molar-refractivity contribution is 0.0643. The van der Waals surface area contributed by atoms with Crippen LogP contribution in [-0.4, -0.2) is 39.6 Å². The van der Waals surface area contributed by atoms with Crippen molar-refractivity contribution in [3.63, 3.8) is 0 Å². The van der Waals surface area contributed by atoms with E-state index in [9.17, 15) is 4.79 Å². The maximum Gasteiger partial charge on any atom is 0.404 e. The first-order valence-corrected chi connectivity index (χ1v) is 3.76. The molecular weight excluding hydrogens is 162 g/mol. The fourth-order valence-corrected chi connectivity index (χ4v) is 0.609. The number of methoxy groups -OCH3 is 1. The number of ether oxygens (including phenoxy) is 3. The fraction of sp³-hybridized carbons (Fsp3) is 0.857. The summed E-state index contributed by atoms with van der Waals surface area (Å²) in [5.41, 5.74) is 4.72. The summed E-state index contributed by atoms with van der Waals surface area (Å²) in [6.07, 6.45) is 0.0723. The van der Waals surface area contributed by atoms with Gasteiger partial charge in [0.2, 0.25) is 0 Å². The Bertz CT molecular complexity index is 118. The van der Waals surface area contributed by atoms with Crippen LogP contribution < -0.4 is 5.73 Å². The van der Waals surface area contributed by atoms with Crippen LogP contribution in [0.5, 0.6) is 0 Å². The highest BCUT2D eigenvalue weighted by Crippen LogP contribution is 1.83. The second-order valence-electron chi connectivity index (χ2n) is 2.13. The molecule has 0 unspecified atom stereocenters. The highest BCUT2D eigenvalue weighted by Gasteiger charge is 1.92. The predicted octanol–water partition coefficient (Wildman–Crippen LogP) is 0.135. The first-order valence-electron chi connectivity index (χ1n) is 3.76. The molecule has 1 amide bonds. The minimum absolute atomic E-state index is 0.211. The van der Waals surface area contributed by atoms with Gasteiger partial charge in [-0.3, -0.25) is 0 Å². The van der Waals surface area contributed by atoms with Gasteiger partial charge in [-0.05, 0) is 6.42 Å². The van der Waals surface area contributed by atoms with Gasteiger partial charge >= 0.3 is 6.09 Å². The lowest BCUT2D eigenvalue weighted by Gasteiger charge is -2.03. The van der Waals surface area contributed by atoms with Gasteiger partial charge in [0.15, 0.2) is 0 Å². The van der Waals surface area contributed by atoms with E-state index in [1.54, 1.807) is 7.11 Å². The first-order chi connectivity index (χ1) is 5.77. The molecule has 0 bridgehead atoms. The summed E-state index contributed by atoms with van der Waals surface area (Å²) in [6.45, 7) is 1.88. The van der Waals surface area contributed by atoms with Crippen molar-refractivity contribution >= 4 is 6.09 Å². The molecule has 0 radical (unpaired) electrons. The Hall–Kier alpha value is -0.810. The number of nitrogens with two attached hydrogens (primary N) is 1. The second kappa shape index (κ2) is 8.29. The van der Waals surface area contributed by atoms with Gasteiger partial charge < -0.3 is 19.9 Å². The van der Waals surface area contributed by atoms with Crippen molar-refractivity contribution in [2.24, 2.45) is 5.73 Å². The van der Waals surface area contributed by atoms with E-state index in [1.165, 1.54) is 0 Å². The molecule has 0 fully saturated rings. The van der Waals surface area contributed by atoms with E-state index in [2.05, 4.69) is 4.74 Å². The van der Waals surface area contributed by atoms with E-state index in [4.69, 9.17) is 15.2 Å². The largest absolute Gasteiger partial charge is 0.447 e. The van der Waals surface area contributed by atoms with Gasteiger partial charge in [-0.15, -0.1) is 0 Å². The van der Waals surface area contributed by atoms with Crippen LogP contribution in [-0.2, 0) is 14.2 Å². The average molecular weight is 177 g/mol. The summed E-state index contributed by atoms with van der Waals surface area (Å²) in [4.78, 5) is 10.1. The maximum atomic E-state index is 10.1. The van der Waals surface area contributed by atoms with Crippen molar-refractivity contribution < 1.29 is 19.0 Å². The highest BCUT2D eigenvalue weighted by molar-refractivity contribution is 5.64. The van der Waals surface area contributed by atoms with Gasteiger partial charge in [0, 0.05) is 20.3 Å². The monoisotopic (exact) mass is 177 g/mol. The van der Waals surface area contributed by atoms with Crippen LogP contribution in [0.15, 0.2) is 0 Å². The summed E-state index contributed by atoms with van der Waals surface area (Å²) < 4.78 is 14.3. The number of hydrogen-bond acceptors (Lipinski definition) is 4. The van der Waals surface area contributed by atoms with Crippen LogP contribution in [0.25, 0.3) is 0 Å². The molecule has 0 aliphatic rings. The summed E-state index contributed by atoms with van der Waals surface area (Å²) in [5.74, 6) is 0. The number of primary amides is 1. The first kappa shape index (κ1) is 11.2. The number of carbonyl (C=O) groups excluding carboxylic acids is 1. The molecular formula is C7H15NO4. The predicted molar refractivity (Wildman–Crippen MR) is 42.8 cm³/mol. The van der Waals surface area contributed by atoms with Crippen LogP contribution in [0.3, 0.4) is 0 Å². The third-order valence-corrected chi connectivity index (χ3v) is 1.11. The van der Waals surface area contributed by atoms with E-state index in [0.29, 0.717) is 19.8 Å². The van der Waals surface area contributed by atoms with E-state index in [1.807, 2.05) is 0 Å². The maximum absolute atomic E-state index is 10.1. The molecule has 0 saturated carbocycles. The van der Waals surface area contributed by atoms with Gasteiger partial charge in [0.1, 0.15) is 6.61 Å². The van der Waals surface area contributed by atoms with Crippen LogP contribution in [0, 0.1) is 0 Å². The van der Waals surface area contributed by atoms with Crippen molar-refractivity contribution in [3.8, 4) is 0 Å². The van der Waals surface area contributed by atoms with Gasteiger partial charge in [-0.25, -0.2) is 4.79 Å². The Morgan fingerprint density at radius 3 is 2.58 bits per heavy atom. The quantitative estimate of drug-likeness (QED) is 0.561. The number of amides is 1. The molecule has 0 aromatic heterocycles. The summed E-state index contributed by atoms with van der Waals surface area (Å²) >= 11 is 0. The van der Waals surface area contributed by atoms with Crippen molar-refractivity contribution in [2.45, 2.75) is 6.42 Å². The fourth-order valence-electron chi connectivity index (χ4n) is 0.609. The van der Waals surface area contributed by atoms with Gasteiger partial charge in [-0.2, -0.15) is 0 Å². The molecule has 0 saturated heterocycles. The standard InChI is InChI=1S/C7H15NO4/c1-10-3-2-4-11-5-6-12-7(8)9/h2-6H2,1H3,(H2,8,9). The van der Waals surface area contributed by atoms with Crippen LogP contribution in [0.1, 0.15) is 6.42 Å². The Morgan fingerprint density at radius 2 is 2.00 bits per heavy atom. The minimum atomic E-state index is -0.768. The van der Waals surface area contributed by atoms with Gasteiger partial charge in [0.05, 0.1) is 6.61 Å². The molecule has 72 valence electrons. The third-order valence-electron chi connectivity index (χ3n) is 1.11. The Labute approximate surface area is 71.8 Å². The van der Waals surface area contributed by atoms with Crippen LogP contribution >= 0.6 is 0 Å². The van der Waals surface area contributed by atoms with Crippen molar-refractivity contribution in [1.82, 2.24) is 0 Å². The SMILES string of the molecule is COCCCOCCOC(N)=O. The second-order valence-corrected chi connectivity index (χ2v) is 2.13. The van der Waals surface area contributed by atoms with Crippen molar-refractivity contribution in [2.75, 3.05) is 33.5 Å². The molecule has 0 atom stereocenters. The molecule has 5 nitrogen and oxygen atoms in total. The lowest BCUT2D eigenvalue weighted by Crippen LogP contribution is -2.16. The molecule has 0 aromatic carbocycles. The summed E-state index contributed by atoms with van der Waals surface area (Å²) in [6, 6.07) is 0. The Balaban J connectivity index is 2.86. The molecule has 0 rings (SSSR count). The zero-order valence-electron chi connectivity index (χ0n) is 7.25. The zero-order valence-corrected chi connectivity index (χ0v) is 7.25. The van der Waals surface area contributed by atoms with Crippen molar-refractivity contribution in [3.05, 3.63) is 0 Å². The molecule has 0 aliphatic heterocycles. The Kier molecular flexibility index (Phi) is 7.73. The summed E-state index contributed by atoms with van der Waals surface area (Å²) in [5, 5.41) is 0. The van der Waals surface area contributed by atoms with Crippen LogP contribution in [0.4, 0.5) is 4.79 Å². The molecule has 0 aromatic rings. The van der Waals surface area contributed by atoms with Gasteiger partial charge in [-0.1, -0.05) is 0 Å². The minimum Gasteiger partial charge on any atom is -0.447 e. The van der Waals surface area contributed by atoms with E-state index in [-0.39, 0.29) is 6.61 Å². The molecule has 5 heteroatoms. The molecule has 2 N–H and O–H groups in total. The average Bonchev–Trinajstić information content (AvgIpc) is 2.02. The smallest absolute Gasteiger partial charge is 0.404 e. The number of rotatable bonds is 7. The highest BCUT2D eigenvalue weighted by atomic mass is 16.6. The van der Waals surface area contributed by atoms with Gasteiger partial charge in [0.25, 0.3) is 0 Å². The zero-order chi connectivity index (χ0) is 9.23. The lowest BCUT2D eigenvalue weighted by atomic mass is 10.5. The normalized spacial score (nSPS) is 9.75. The molecule has 0 aliphatic carbocycles. The number of carbonyl (C=O) groups is 1. The van der Waals surface area contributed by atoms with E-state index < -0.39 is 6.09 Å². The number of hydrogen-bond donors (Lipinski definition) is 1. The van der Waals surface area contributed by atoms with E-state index in [0.717, 1.165) is 6.42 Å². The molecule has 0 spiro atoms. The molecule has 0 heterocycles. The summed E-state index contributed by atoms with van der Waals surface area (Å²) in [7, 11) is 1.64. The van der Waals surface area contributed by atoms with E-state index >= 15 is 0 Å². The molecule has 12 heavy (non-hydrogen) atoms. The third kappa shape index (κ3) is 9.19.